The summed E-state index contributed by atoms with van der Waals surface area (Å²) < 4.78 is 5.05. The predicted molar refractivity (Wildman–Crippen MR) is 114 cm³/mol. The highest BCUT2D eigenvalue weighted by molar-refractivity contribution is 6.30. The van der Waals surface area contributed by atoms with Crippen LogP contribution in [-0.2, 0) is 14.3 Å². The van der Waals surface area contributed by atoms with Gasteiger partial charge >= 0.3 is 5.97 Å². The first-order valence-electron chi connectivity index (χ1n) is 10.2. The predicted octanol–water partition coefficient (Wildman–Crippen LogP) is 5.31. The number of nitrogens with zero attached hydrogens (tertiary/aromatic N) is 1. The van der Waals surface area contributed by atoms with E-state index in [1.54, 1.807) is 6.92 Å². The maximum absolute atomic E-state index is 13.4. The van der Waals surface area contributed by atoms with Crippen molar-refractivity contribution >= 4 is 23.5 Å². The molecule has 0 bridgehead atoms. The molecule has 1 heterocycles. The summed E-state index contributed by atoms with van der Waals surface area (Å²) >= 11 is 6.32. The van der Waals surface area contributed by atoms with Crippen LogP contribution in [0.2, 0.25) is 5.02 Å². The minimum absolute atomic E-state index is 0.101. The minimum Gasteiger partial charge on any atom is -0.466 e. The molecule has 154 valence electrons. The van der Waals surface area contributed by atoms with Gasteiger partial charge in [0.05, 0.1) is 18.9 Å². The van der Waals surface area contributed by atoms with Crippen molar-refractivity contribution in [3.63, 3.8) is 0 Å². The summed E-state index contributed by atoms with van der Waals surface area (Å²) in [4.78, 5) is 27.2. The molecule has 1 aromatic carbocycles. The van der Waals surface area contributed by atoms with Gasteiger partial charge in [0.25, 0.3) is 0 Å². The quantitative estimate of drug-likeness (QED) is 0.434. The van der Waals surface area contributed by atoms with Crippen LogP contribution in [0.15, 0.2) is 30.4 Å². The summed E-state index contributed by atoms with van der Waals surface area (Å²) in [6.07, 6.45) is 6.00. The van der Waals surface area contributed by atoms with Crippen LogP contribution in [0.25, 0.3) is 0 Å². The molecule has 0 radical (unpaired) electrons. The van der Waals surface area contributed by atoms with Crippen LogP contribution in [0.5, 0.6) is 0 Å². The van der Waals surface area contributed by atoms with Gasteiger partial charge in [-0.15, -0.1) is 0 Å². The van der Waals surface area contributed by atoms with E-state index in [4.69, 9.17) is 16.3 Å². The van der Waals surface area contributed by atoms with E-state index in [2.05, 4.69) is 19.9 Å². The first-order valence-corrected chi connectivity index (χ1v) is 10.6. The highest BCUT2D eigenvalue weighted by atomic mass is 35.5. The maximum atomic E-state index is 13.4. The van der Waals surface area contributed by atoms with E-state index in [1.807, 2.05) is 36.1 Å². The summed E-state index contributed by atoms with van der Waals surface area (Å²) in [5.74, 6) is 0.185. The molecular weight excluding hydrogens is 374 g/mol. The molecule has 4 nitrogen and oxygen atoms in total. The Bertz CT molecular complexity index is 714. The molecule has 0 saturated carbocycles. The van der Waals surface area contributed by atoms with Gasteiger partial charge in [-0.25, -0.2) is 0 Å². The number of carbonyl (C=O) groups is 2. The van der Waals surface area contributed by atoms with Crippen molar-refractivity contribution in [1.82, 2.24) is 4.90 Å². The summed E-state index contributed by atoms with van der Waals surface area (Å²) in [6, 6.07) is 5.91. The molecule has 1 amide bonds. The Kier molecular flexibility index (Phi) is 8.56. The Hall–Kier alpha value is -1.81. The van der Waals surface area contributed by atoms with Crippen LogP contribution < -0.4 is 0 Å². The Morgan fingerprint density at radius 1 is 1.36 bits per heavy atom. The fourth-order valence-corrected chi connectivity index (χ4v) is 4.07. The van der Waals surface area contributed by atoms with Gasteiger partial charge in [-0.1, -0.05) is 43.7 Å². The second kappa shape index (κ2) is 10.7. The zero-order valence-corrected chi connectivity index (χ0v) is 18.2. The number of carbonyl (C=O) groups excluding carboxylic acids is 2. The number of fused-ring (bicyclic) bond motifs is 1. The third-order valence-corrected chi connectivity index (χ3v) is 5.40. The van der Waals surface area contributed by atoms with Gasteiger partial charge in [0, 0.05) is 24.0 Å². The Labute approximate surface area is 173 Å². The monoisotopic (exact) mass is 405 g/mol. The van der Waals surface area contributed by atoms with Gasteiger partial charge in [0.15, 0.2) is 0 Å². The van der Waals surface area contributed by atoms with Gasteiger partial charge in [-0.05, 0) is 55.9 Å². The highest BCUT2D eigenvalue weighted by Crippen LogP contribution is 2.39. The van der Waals surface area contributed by atoms with Crippen LogP contribution in [0.3, 0.4) is 0 Å². The number of hydrogen-bond donors (Lipinski definition) is 0. The molecule has 0 aromatic heterocycles. The van der Waals surface area contributed by atoms with Crippen molar-refractivity contribution in [2.75, 3.05) is 19.7 Å². The summed E-state index contributed by atoms with van der Waals surface area (Å²) in [6.45, 7) is 9.39. The molecule has 0 N–H and O–H groups in total. The van der Waals surface area contributed by atoms with Gasteiger partial charge in [-0.2, -0.15) is 0 Å². The van der Waals surface area contributed by atoms with Crippen molar-refractivity contribution in [1.29, 1.82) is 0 Å². The molecule has 1 aliphatic heterocycles. The van der Waals surface area contributed by atoms with E-state index in [1.165, 1.54) is 0 Å². The molecular formula is C23H32ClNO3. The lowest BCUT2D eigenvalue weighted by atomic mass is 9.83. The van der Waals surface area contributed by atoms with Crippen LogP contribution >= 0.6 is 11.6 Å². The normalized spacial score (nSPS) is 19.8. The van der Waals surface area contributed by atoms with Crippen LogP contribution in [0.1, 0.15) is 69.9 Å². The van der Waals surface area contributed by atoms with Crippen LogP contribution in [0, 0.1) is 5.92 Å². The fraction of sp³-hybridized carbons (Fsp3) is 0.565. The van der Waals surface area contributed by atoms with Crippen LogP contribution in [-0.4, -0.2) is 36.5 Å². The summed E-state index contributed by atoms with van der Waals surface area (Å²) in [7, 11) is 0. The summed E-state index contributed by atoms with van der Waals surface area (Å²) in [5.41, 5.74) is 2.24. The number of amides is 1. The van der Waals surface area contributed by atoms with Gasteiger partial charge < -0.3 is 9.64 Å². The molecule has 28 heavy (non-hydrogen) atoms. The molecule has 0 saturated heterocycles. The lowest BCUT2D eigenvalue weighted by Crippen LogP contribution is -2.37. The van der Waals surface area contributed by atoms with Crippen molar-refractivity contribution in [3.8, 4) is 0 Å². The smallest absolute Gasteiger partial charge is 0.307 e. The van der Waals surface area contributed by atoms with E-state index in [-0.39, 0.29) is 30.1 Å². The average molecular weight is 406 g/mol. The third-order valence-electron chi connectivity index (χ3n) is 5.17. The summed E-state index contributed by atoms with van der Waals surface area (Å²) in [5, 5.41) is 0.694. The number of benzene rings is 1. The molecule has 1 aliphatic rings. The lowest BCUT2D eigenvalue weighted by Gasteiger charge is -2.26. The van der Waals surface area contributed by atoms with Crippen molar-refractivity contribution in [2.24, 2.45) is 5.92 Å². The topological polar surface area (TPSA) is 46.6 Å². The van der Waals surface area contributed by atoms with Gasteiger partial charge in [0.1, 0.15) is 0 Å². The standard InChI is InChI=1S/C23H32ClNO3/c1-5-7-8-17-15-25(12-11-22(26)28-6-2)23(27)21(13-16(3)4)19-10-9-18(24)14-20(17)19/h5,7,9-10,14,16-17,21H,6,8,11-13,15H2,1-4H3/b7-5-. The number of halogens is 1. The number of hydrogen-bond acceptors (Lipinski definition) is 3. The Morgan fingerprint density at radius 3 is 2.75 bits per heavy atom. The Morgan fingerprint density at radius 2 is 2.11 bits per heavy atom. The van der Waals surface area contributed by atoms with E-state index in [0.29, 0.717) is 30.6 Å². The van der Waals surface area contributed by atoms with E-state index < -0.39 is 0 Å². The van der Waals surface area contributed by atoms with Gasteiger partial charge in [0.2, 0.25) is 5.91 Å². The molecule has 2 atom stereocenters. The van der Waals surface area contributed by atoms with Crippen molar-refractivity contribution < 1.29 is 14.3 Å². The molecule has 0 spiro atoms. The van der Waals surface area contributed by atoms with Gasteiger partial charge in [-0.3, -0.25) is 9.59 Å². The van der Waals surface area contributed by atoms with E-state index in [0.717, 1.165) is 24.0 Å². The molecule has 2 rings (SSSR count). The zero-order chi connectivity index (χ0) is 20.7. The average Bonchev–Trinajstić information content (AvgIpc) is 2.74. The number of rotatable bonds is 8. The van der Waals surface area contributed by atoms with Crippen molar-refractivity contribution in [3.05, 3.63) is 46.5 Å². The largest absolute Gasteiger partial charge is 0.466 e. The molecule has 0 fully saturated rings. The Balaban J connectivity index is 2.40. The number of allylic oxidation sites excluding steroid dienone is 2. The second-order valence-electron chi connectivity index (χ2n) is 7.80. The first-order chi connectivity index (χ1) is 13.4. The fourth-order valence-electron chi connectivity index (χ4n) is 3.89. The first kappa shape index (κ1) is 22.5. The maximum Gasteiger partial charge on any atom is 0.307 e. The number of esters is 1. The lowest BCUT2D eigenvalue weighted by molar-refractivity contribution is -0.144. The number of ether oxygens (including phenoxy) is 1. The zero-order valence-electron chi connectivity index (χ0n) is 17.4. The highest BCUT2D eigenvalue weighted by Gasteiger charge is 2.35. The molecule has 2 unspecified atom stereocenters. The van der Waals surface area contributed by atoms with E-state index in [9.17, 15) is 9.59 Å². The third kappa shape index (κ3) is 5.84. The molecule has 5 heteroatoms. The minimum atomic E-state index is -0.259. The van der Waals surface area contributed by atoms with Crippen molar-refractivity contribution in [2.45, 2.75) is 58.8 Å². The SMILES string of the molecule is C/C=C\CC1CN(CCC(=O)OCC)C(=O)C(CC(C)C)c2ccc(Cl)cc21. The van der Waals surface area contributed by atoms with Crippen LogP contribution in [0.4, 0.5) is 0 Å². The molecule has 1 aromatic rings. The molecule has 0 aliphatic carbocycles. The van der Waals surface area contributed by atoms with E-state index >= 15 is 0 Å². The second-order valence-corrected chi connectivity index (χ2v) is 8.23.